The Labute approximate surface area is 125 Å². The second kappa shape index (κ2) is 7.74. The molecule has 3 nitrogen and oxygen atoms in total. The summed E-state index contributed by atoms with van der Waals surface area (Å²) in [5.41, 5.74) is 2.20. The molecular weight excluding hydrogens is 267 g/mol. The van der Waals surface area contributed by atoms with Crippen molar-refractivity contribution in [3.05, 3.63) is 59.5 Å². The number of hydrogen-bond donors (Lipinski definition) is 1. The lowest BCUT2D eigenvalue weighted by molar-refractivity contribution is 0.397. The largest absolute Gasteiger partial charge is 0.481 e. The Morgan fingerprint density at radius 1 is 1.19 bits per heavy atom. The van der Waals surface area contributed by atoms with Crippen molar-refractivity contribution in [3.8, 4) is 5.88 Å². The number of aromatic nitrogens is 1. The molecule has 4 heteroatoms. The van der Waals surface area contributed by atoms with Crippen LogP contribution in [0.4, 0.5) is 4.39 Å². The maximum Gasteiger partial charge on any atom is 0.212 e. The molecule has 0 fully saturated rings. The average molecular weight is 288 g/mol. The monoisotopic (exact) mass is 288 g/mol. The minimum Gasteiger partial charge on any atom is -0.481 e. The van der Waals surface area contributed by atoms with E-state index in [1.807, 2.05) is 30.5 Å². The van der Waals surface area contributed by atoms with Gasteiger partial charge in [0.15, 0.2) is 0 Å². The summed E-state index contributed by atoms with van der Waals surface area (Å²) < 4.78 is 18.1. The second-order valence-corrected chi connectivity index (χ2v) is 4.97. The summed E-state index contributed by atoms with van der Waals surface area (Å²) in [4.78, 5) is 4.23. The molecule has 0 aliphatic carbocycles. The minimum atomic E-state index is -0.209. The van der Waals surface area contributed by atoms with Gasteiger partial charge in [0.05, 0.1) is 7.11 Å². The van der Waals surface area contributed by atoms with E-state index in [-0.39, 0.29) is 11.9 Å². The number of hydrogen-bond acceptors (Lipinski definition) is 3. The SMILES string of the molecule is CCCNC(Cc1ccc(OC)nc1)c1ccc(F)cc1. The first kappa shape index (κ1) is 15.4. The van der Waals surface area contributed by atoms with Crippen LogP contribution >= 0.6 is 0 Å². The summed E-state index contributed by atoms with van der Waals surface area (Å²) in [7, 11) is 1.60. The van der Waals surface area contributed by atoms with Crippen LogP contribution < -0.4 is 10.1 Å². The fourth-order valence-electron chi connectivity index (χ4n) is 2.21. The van der Waals surface area contributed by atoms with Crippen molar-refractivity contribution in [2.75, 3.05) is 13.7 Å². The van der Waals surface area contributed by atoms with Crippen LogP contribution in [-0.4, -0.2) is 18.6 Å². The number of pyridine rings is 1. The number of methoxy groups -OCH3 is 1. The highest BCUT2D eigenvalue weighted by molar-refractivity contribution is 5.24. The number of halogens is 1. The Morgan fingerprint density at radius 2 is 1.95 bits per heavy atom. The lowest BCUT2D eigenvalue weighted by Crippen LogP contribution is -2.24. The van der Waals surface area contributed by atoms with Crippen molar-refractivity contribution < 1.29 is 9.13 Å². The molecule has 1 unspecified atom stereocenters. The highest BCUT2D eigenvalue weighted by atomic mass is 19.1. The normalized spacial score (nSPS) is 12.1. The van der Waals surface area contributed by atoms with Crippen molar-refractivity contribution in [2.45, 2.75) is 25.8 Å². The number of nitrogens with one attached hydrogen (secondary N) is 1. The fraction of sp³-hybridized carbons (Fsp3) is 0.353. The van der Waals surface area contributed by atoms with Gasteiger partial charge in [0.25, 0.3) is 0 Å². The fourth-order valence-corrected chi connectivity index (χ4v) is 2.21. The second-order valence-electron chi connectivity index (χ2n) is 4.97. The van der Waals surface area contributed by atoms with E-state index in [1.165, 1.54) is 12.1 Å². The lowest BCUT2D eigenvalue weighted by atomic mass is 9.99. The molecule has 1 aromatic carbocycles. The van der Waals surface area contributed by atoms with Crippen LogP contribution in [0, 0.1) is 5.82 Å². The van der Waals surface area contributed by atoms with Crippen molar-refractivity contribution >= 4 is 0 Å². The van der Waals surface area contributed by atoms with Crippen LogP contribution in [0.1, 0.15) is 30.5 Å². The van der Waals surface area contributed by atoms with Gasteiger partial charge in [-0.05, 0) is 42.6 Å². The highest BCUT2D eigenvalue weighted by Gasteiger charge is 2.12. The third kappa shape index (κ3) is 4.53. The number of ether oxygens (including phenoxy) is 1. The molecule has 1 aromatic heterocycles. The van der Waals surface area contributed by atoms with E-state index in [4.69, 9.17) is 4.74 Å². The summed E-state index contributed by atoms with van der Waals surface area (Å²) in [5.74, 6) is 0.401. The molecule has 1 heterocycles. The molecule has 1 atom stereocenters. The molecule has 112 valence electrons. The molecule has 2 aromatic rings. The zero-order chi connectivity index (χ0) is 15.1. The molecule has 2 rings (SSSR count). The van der Waals surface area contributed by atoms with Gasteiger partial charge in [0.1, 0.15) is 5.82 Å². The van der Waals surface area contributed by atoms with E-state index in [0.717, 1.165) is 30.5 Å². The Hall–Kier alpha value is -1.94. The highest BCUT2D eigenvalue weighted by Crippen LogP contribution is 2.19. The van der Waals surface area contributed by atoms with Crippen LogP contribution in [0.5, 0.6) is 5.88 Å². The topological polar surface area (TPSA) is 34.1 Å². The van der Waals surface area contributed by atoms with E-state index in [1.54, 1.807) is 7.11 Å². The standard InChI is InChI=1S/C17H21FN2O/c1-3-10-19-16(14-5-7-15(18)8-6-14)11-13-4-9-17(21-2)20-12-13/h4-9,12,16,19H,3,10-11H2,1-2H3. The quantitative estimate of drug-likeness (QED) is 0.846. The number of rotatable bonds is 7. The minimum absolute atomic E-state index is 0.153. The van der Waals surface area contributed by atoms with E-state index < -0.39 is 0 Å². The zero-order valence-corrected chi connectivity index (χ0v) is 12.5. The van der Waals surface area contributed by atoms with Crippen molar-refractivity contribution in [1.82, 2.24) is 10.3 Å². The molecule has 0 amide bonds. The summed E-state index contributed by atoms with van der Waals surface area (Å²) in [6.45, 7) is 3.05. The summed E-state index contributed by atoms with van der Waals surface area (Å²) >= 11 is 0. The maximum absolute atomic E-state index is 13.1. The van der Waals surface area contributed by atoms with Crippen LogP contribution in [0.25, 0.3) is 0 Å². The molecule has 0 saturated carbocycles. The van der Waals surface area contributed by atoms with E-state index in [2.05, 4.69) is 17.2 Å². The molecule has 0 saturated heterocycles. The maximum atomic E-state index is 13.1. The van der Waals surface area contributed by atoms with Gasteiger partial charge in [-0.15, -0.1) is 0 Å². The molecular formula is C17H21FN2O. The van der Waals surface area contributed by atoms with Crippen molar-refractivity contribution in [3.63, 3.8) is 0 Å². The predicted octanol–water partition coefficient (Wildman–Crippen LogP) is 3.51. The first-order valence-corrected chi connectivity index (χ1v) is 7.20. The van der Waals surface area contributed by atoms with Gasteiger partial charge >= 0.3 is 0 Å². The Balaban J connectivity index is 2.13. The van der Waals surface area contributed by atoms with Gasteiger partial charge in [-0.25, -0.2) is 9.37 Å². The van der Waals surface area contributed by atoms with Gasteiger partial charge < -0.3 is 10.1 Å². The summed E-state index contributed by atoms with van der Waals surface area (Å²) in [5, 5.41) is 3.50. The Bertz CT molecular complexity index is 540. The van der Waals surface area contributed by atoms with Gasteiger partial charge in [-0.1, -0.05) is 25.1 Å². The first-order valence-electron chi connectivity index (χ1n) is 7.20. The van der Waals surface area contributed by atoms with Crippen molar-refractivity contribution in [1.29, 1.82) is 0 Å². The molecule has 0 spiro atoms. The smallest absolute Gasteiger partial charge is 0.212 e. The molecule has 1 N–H and O–H groups in total. The first-order chi connectivity index (χ1) is 10.2. The van der Waals surface area contributed by atoms with E-state index in [0.29, 0.717) is 5.88 Å². The third-order valence-corrected chi connectivity index (χ3v) is 3.36. The van der Waals surface area contributed by atoms with Crippen LogP contribution in [-0.2, 0) is 6.42 Å². The van der Waals surface area contributed by atoms with E-state index in [9.17, 15) is 4.39 Å². The van der Waals surface area contributed by atoms with Crippen LogP contribution in [0.2, 0.25) is 0 Å². The Kier molecular flexibility index (Phi) is 5.69. The molecule has 0 aliphatic rings. The third-order valence-electron chi connectivity index (χ3n) is 3.36. The molecule has 0 aliphatic heterocycles. The van der Waals surface area contributed by atoms with Gasteiger partial charge in [-0.3, -0.25) is 0 Å². The molecule has 21 heavy (non-hydrogen) atoms. The average Bonchev–Trinajstić information content (AvgIpc) is 2.53. The van der Waals surface area contributed by atoms with Gasteiger partial charge in [0, 0.05) is 18.3 Å². The summed E-state index contributed by atoms with van der Waals surface area (Å²) in [6, 6.07) is 10.7. The summed E-state index contributed by atoms with van der Waals surface area (Å²) in [6.07, 6.45) is 3.68. The Morgan fingerprint density at radius 3 is 2.52 bits per heavy atom. The molecule has 0 bridgehead atoms. The van der Waals surface area contributed by atoms with Crippen LogP contribution in [0.3, 0.4) is 0 Å². The van der Waals surface area contributed by atoms with E-state index >= 15 is 0 Å². The number of nitrogens with zero attached hydrogens (tertiary/aromatic N) is 1. The van der Waals surface area contributed by atoms with Crippen molar-refractivity contribution in [2.24, 2.45) is 0 Å². The molecule has 0 radical (unpaired) electrons. The van der Waals surface area contributed by atoms with Crippen LogP contribution in [0.15, 0.2) is 42.6 Å². The van der Waals surface area contributed by atoms with Gasteiger partial charge in [-0.2, -0.15) is 0 Å². The lowest BCUT2D eigenvalue weighted by Gasteiger charge is -2.19. The van der Waals surface area contributed by atoms with Gasteiger partial charge in [0.2, 0.25) is 5.88 Å². The zero-order valence-electron chi connectivity index (χ0n) is 12.5. The predicted molar refractivity (Wildman–Crippen MR) is 81.9 cm³/mol. The number of benzene rings is 1.